The van der Waals surface area contributed by atoms with Crippen LogP contribution in [0.15, 0.2) is 16.9 Å². The van der Waals surface area contributed by atoms with Crippen molar-refractivity contribution in [1.82, 2.24) is 25.6 Å². The van der Waals surface area contributed by atoms with E-state index in [-0.39, 0.29) is 11.8 Å². The number of furan rings is 1. The zero-order chi connectivity index (χ0) is 18.3. The van der Waals surface area contributed by atoms with Gasteiger partial charge in [-0.25, -0.2) is 4.68 Å². The van der Waals surface area contributed by atoms with Gasteiger partial charge in [-0.2, -0.15) is 0 Å². The summed E-state index contributed by atoms with van der Waals surface area (Å²) in [5.41, 5.74) is 1.71. The van der Waals surface area contributed by atoms with Crippen LogP contribution in [0.5, 0.6) is 0 Å². The quantitative estimate of drug-likeness (QED) is 0.822. The molecule has 8 nitrogen and oxygen atoms in total. The average molecular weight is 357 g/mol. The third-order valence-electron chi connectivity index (χ3n) is 5.50. The first-order valence-electron chi connectivity index (χ1n) is 9.05. The number of nitrogens with zero attached hydrogens (tertiary/aromatic N) is 3. The summed E-state index contributed by atoms with van der Waals surface area (Å²) in [5.74, 6) is -0.164. The lowest BCUT2D eigenvalue weighted by atomic mass is 9.93. The average Bonchev–Trinajstić information content (AvgIpc) is 3.00. The van der Waals surface area contributed by atoms with Crippen molar-refractivity contribution in [2.45, 2.75) is 57.5 Å². The Hall–Kier alpha value is -2.64. The molecule has 0 radical (unpaired) electrons. The van der Waals surface area contributed by atoms with Gasteiger partial charge in [0.05, 0.1) is 24.0 Å². The zero-order valence-electron chi connectivity index (χ0n) is 15.0. The summed E-state index contributed by atoms with van der Waals surface area (Å²) in [5, 5.41) is 13.9. The second kappa shape index (κ2) is 6.26. The molecule has 0 unspecified atom stereocenters. The fourth-order valence-electron chi connectivity index (χ4n) is 3.07. The fraction of sp³-hybridized carbons (Fsp3) is 0.556. The second-order valence-electron chi connectivity index (χ2n) is 7.46. The van der Waals surface area contributed by atoms with Crippen molar-refractivity contribution < 1.29 is 14.0 Å². The topological polar surface area (TPSA) is 102 Å². The Morgan fingerprint density at radius 3 is 2.65 bits per heavy atom. The summed E-state index contributed by atoms with van der Waals surface area (Å²) in [4.78, 5) is 24.7. The van der Waals surface area contributed by atoms with Crippen molar-refractivity contribution in [2.75, 3.05) is 6.54 Å². The highest BCUT2D eigenvalue weighted by Crippen LogP contribution is 2.35. The van der Waals surface area contributed by atoms with Crippen molar-refractivity contribution in [3.63, 3.8) is 0 Å². The number of hydrogen-bond donors (Lipinski definition) is 2. The van der Waals surface area contributed by atoms with E-state index in [0.717, 1.165) is 36.8 Å². The summed E-state index contributed by atoms with van der Waals surface area (Å²) >= 11 is 0. The Morgan fingerprint density at radius 2 is 2.08 bits per heavy atom. The van der Waals surface area contributed by atoms with Gasteiger partial charge in [-0.15, -0.1) is 5.10 Å². The maximum absolute atomic E-state index is 12.4. The summed E-state index contributed by atoms with van der Waals surface area (Å²) in [6.45, 7) is 4.13. The normalized spacial score (nSPS) is 18.2. The first kappa shape index (κ1) is 16.8. The van der Waals surface area contributed by atoms with E-state index in [1.165, 1.54) is 6.42 Å². The number of hydrogen-bond acceptors (Lipinski definition) is 5. The maximum atomic E-state index is 12.4. The van der Waals surface area contributed by atoms with E-state index in [9.17, 15) is 9.59 Å². The van der Waals surface area contributed by atoms with Crippen LogP contribution < -0.4 is 10.6 Å². The lowest BCUT2D eigenvalue weighted by Crippen LogP contribution is -2.45. The molecule has 26 heavy (non-hydrogen) atoms. The number of carbonyl (C=O) groups excluding carboxylic acids is 2. The number of rotatable bonds is 6. The Bertz CT molecular complexity index is 845. The fourth-order valence-corrected chi connectivity index (χ4v) is 3.07. The standard InChI is InChI=1S/C18H23N5O3/c1-11-9-26-15(12(11)2)17(25)20-18(6-7-18)10-19-16(24)14-8-23(22-21-14)13-4-3-5-13/h8-9,13H,3-7,10H2,1-2H3,(H,19,24)(H,20,25). The Kier molecular flexibility index (Phi) is 4.05. The van der Waals surface area contributed by atoms with E-state index >= 15 is 0 Å². The molecule has 138 valence electrons. The first-order chi connectivity index (χ1) is 12.5. The van der Waals surface area contributed by atoms with Crippen LogP contribution in [-0.2, 0) is 0 Å². The van der Waals surface area contributed by atoms with Gasteiger partial charge in [0.1, 0.15) is 0 Å². The molecule has 2 aromatic heterocycles. The van der Waals surface area contributed by atoms with Crippen molar-refractivity contribution in [1.29, 1.82) is 0 Å². The van der Waals surface area contributed by atoms with Crippen molar-refractivity contribution >= 4 is 11.8 Å². The lowest BCUT2D eigenvalue weighted by Gasteiger charge is -2.24. The van der Waals surface area contributed by atoms with Crippen LogP contribution in [-0.4, -0.2) is 38.9 Å². The minimum absolute atomic E-state index is 0.238. The van der Waals surface area contributed by atoms with Crippen LogP contribution in [0.1, 0.15) is 70.3 Å². The van der Waals surface area contributed by atoms with Gasteiger partial charge in [0.2, 0.25) is 0 Å². The van der Waals surface area contributed by atoms with Crippen LogP contribution in [0.4, 0.5) is 0 Å². The van der Waals surface area contributed by atoms with Crippen LogP contribution in [0, 0.1) is 13.8 Å². The van der Waals surface area contributed by atoms with Gasteiger partial charge < -0.3 is 15.1 Å². The zero-order valence-corrected chi connectivity index (χ0v) is 15.0. The number of aryl methyl sites for hydroxylation is 1. The van der Waals surface area contributed by atoms with E-state index in [4.69, 9.17) is 4.42 Å². The molecular formula is C18H23N5O3. The Balaban J connectivity index is 1.33. The van der Waals surface area contributed by atoms with Gasteiger partial charge in [0.15, 0.2) is 11.5 Å². The highest BCUT2D eigenvalue weighted by Gasteiger charge is 2.45. The molecule has 2 heterocycles. The summed E-state index contributed by atoms with van der Waals surface area (Å²) in [6, 6.07) is 0.373. The van der Waals surface area contributed by atoms with Gasteiger partial charge in [-0.1, -0.05) is 5.21 Å². The molecular weight excluding hydrogens is 334 g/mol. The molecule has 0 spiro atoms. The predicted molar refractivity (Wildman–Crippen MR) is 92.9 cm³/mol. The highest BCUT2D eigenvalue weighted by molar-refractivity contribution is 5.94. The molecule has 8 heteroatoms. The van der Waals surface area contributed by atoms with Crippen LogP contribution in [0.25, 0.3) is 0 Å². The monoisotopic (exact) mass is 357 g/mol. The minimum Gasteiger partial charge on any atom is -0.459 e. The third kappa shape index (κ3) is 3.11. The highest BCUT2D eigenvalue weighted by atomic mass is 16.3. The smallest absolute Gasteiger partial charge is 0.287 e. The molecule has 0 bridgehead atoms. The summed E-state index contributed by atoms with van der Waals surface area (Å²) in [6.07, 6.45) is 8.31. The number of nitrogens with one attached hydrogen (secondary N) is 2. The van der Waals surface area contributed by atoms with Crippen molar-refractivity contribution in [3.05, 3.63) is 35.0 Å². The third-order valence-corrected chi connectivity index (χ3v) is 5.50. The van der Waals surface area contributed by atoms with Crippen LogP contribution in [0.3, 0.4) is 0 Å². The summed E-state index contributed by atoms with van der Waals surface area (Å²) in [7, 11) is 0. The van der Waals surface area contributed by atoms with Crippen LogP contribution >= 0.6 is 0 Å². The molecule has 0 atom stereocenters. The van der Waals surface area contributed by atoms with E-state index in [1.807, 2.05) is 13.8 Å². The van der Waals surface area contributed by atoms with Gasteiger partial charge in [-0.05, 0) is 51.5 Å². The van der Waals surface area contributed by atoms with Gasteiger partial charge in [0, 0.05) is 12.1 Å². The molecule has 0 saturated heterocycles. The molecule has 2 aliphatic carbocycles. The number of carbonyl (C=O) groups is 2. The molecule has 2 fully saturated rings. The lowest BCUT2D eigenvalue weighted by molar-refractivity contribution is 0.0881. The second-order valence-corrected chi connectivity index (χ2v) is 7.46. The van der Waals surface area contributed by atoms with Gasteiger partial charge in [0.25, 0.3) is 11.8 Å². The Morgan fingerprint density at radius 1 is 1.31 bits per heavy atom. The number of amides is 2. The first-order valence-corrected chi connectivity index (χ1v) is 9.05. The molecule has 2 N–H and O–H groups in total. The van der Waals surface area contributed by atoms with Crippen molar-refractivity contribution in [2.24, 2.45) is 0 Å². The molecule has 2 amide bonds. The molecule has 2 aliphatic rings. The van der Waals surface area contributed by atoms with Gasteiger partial charge in [-0.3, -0.25) is 9.59 Å². The maximum Gasteiger partial charge on any atom is 0.287 e. The number of aromatic nitrogens is 3. The summed E-state index contributed by atoms with van der Waals surface area (Å²) < 4.78 is 7.12. The van der Waals surface area contributed by atoms with Crippen LogP contribution in [0.2, 0.25) is 0 Å². The SMILES string of the molecule is Cc1coc(C(=O)NC2(CNC(=O)c3cn(C4CCC4)nn3)CC2)c1C. The van der Waals surface area contributed by atoms with E-state index in [2.05, 4.69) is 20.9 Å². The largest absolute Gasteiger partial charge is 0.459 e. The van der Waals surface area contributed by atoms with Gasteiger partial charge >= 0.3 is 0 Å². The Labute approximate surface area is 151 Å². The molecule has 4 rings (SSSR count). The molecule has 2 aromatic rings. The molecule has 0 aliphatic heterocycles. The van der Waals surface area contributed by atoms with E-state index in [1.54, 1.807) is 17.1 Å². The van der Waals surface area contributed by atoms with E-state index in [0.29, 0.717) is 24.0 Å². The minimum atomic E-state index is -0.399. The predicted octanol–water partition coefficient (Wildman–Crippen LogP) is 1.91. The van der Waals surface area contributed by atoms with E-state index < -0.39 is 5.54 Å². The van der Waals surface area contributed by atoms with Crippen molar-refractivity contribution in [3.8, 4) is 0 Å². The molecule has 0 aromatic carbocycles. The molecule has 2 saturated carbocycles.